The van der Waals surface area contributed by atoms with Gasteiger partial charge in [-0.1, -0.05) is 49.5 Å². The zero-order chi connectivity index (χ0) is 14.3. The lowest BCUT2D eigenvalue weighted by Gasteiger charge is -2.45. The third-order valence-corrected chi connectivity index (χ3v) is 5.52. The van der Waals surface area contributed by atoms with Crippen LogP contribution in [0.2, 0.25) is 0 Å². The maximum atomic E-state index is 5.58. The topological polar surface area (TPSA) is 28.5 Å². The lowest BCUT2D eigenvalue weighted by atomic mass is 9.72. The third-order valence-electron chi connectivity index (χ3n) is 4.85. The molecule has 0 bridgehead atoms. The Morgan fingerprint density at radius 1 is 1.25 bits per heavy atom. The zero-order valence-electron chi connectivity index (χ0n) is 11.8. The van der Waals surface area contributed by atoms with E-state index in [1.165, 1.54) is 10.5 Å². The Bertz CT molecular complexity index is 545. The summed E-state index contributed by atoms with van der Waals surface area (Å²) < 4.78 is 0. The summed E-state index contributed by atoms with van der Waals surface area (Å²) >= 11 is 10.8. The van der Waals surface area contributed by atoms with Crippen molar-refractivity contribution in [2.45, 2.75) is 24.9 Å². The van der Waals surface area contributed by atoms with Gasteiger partial charge in [-0.25, -0.2) is 0 Å². The van der Waals surface area contributed by atoms with Crippen LogP contribution < -0.4 is 15.5 Å². The molecule has 0 saturated carbocycles. The van der Waals surface area contributed by atoms with Gasteiger partial charge in [0.25, 0.3) is 0 Å². The summed E-state index contributed by atoms with van der Waals surface area (Å²) in [6.45, 7) is 3.37. The molecule has 2 heterocycles. The fraction of sp³-hybridized carbons (Fsp3) is 0.467. The summed E-state index contributed by atoms with van der Waals surface area (Å²) in [5.74, 6) is 0.388. The largest absolute Gasteiger partial charge is 0.350 e. The second kappa shape index (κ2) is 5.06. The van der Waals surface area contributed by atoms with Gasteiger partial charge in [0.15, 0.2) is 5.11 Å². The van der Waals surface area contributed by atoms with Crippen molar-refractivity contribution in [3.05, 3.63) is 35.9 Å². The summed E-state index contributed by atoms with van der Waals surface area (Å²) in [4.78, 5) is 2.40. The Morgan fingerprint density at radius 2 is 1.95 bits per heavy atom. The van der Waals surface area contributed by atoms with Crippen LogP contribution in [0.15, 0.2) is 30.3 Å². The summed E-state index contributed by atoms with van der Waals surface area (Å²) in [6.07, 6.45) is 1.02. The van der Waals surface area contributed by atoms with Gasteiger partial charge in [-0.05, 0) is 12.2 Å². The van der Waals surface area contributed by atoms with Crippen LogP contribution in [0, 0.1) is 5.92 Å². The molecule has 0 amide bonds. The smallest absolute Gasteiger partial charge is 0.172 e. The minimum absolute atomic E-state index is 0.174. The molecule has 0 radical (unpaired) electrons. The van der Waals surface area contributed by atoms with E-state index in [-0.39, 0.29) is 5.54 Å². The van der Waals surface area contributed by atoms with Crippen LogP contribution >= 0.6 is 24.4 Å². The van der Waals surface area contributed by atoms with Crippen molar-refractivity contribution in [3.63, 3.8) is 0 Å². The number of hydrogen-bond donors (Lipinski definition) is 3. The van der Waals surface area contributed by atoms with E-state index in [1.807, 2.05) is 0 Å². The number of likely N-dealkylation sites (tertiary alicyclic amines) is 1. The molecule has 106 valence electrons. The van der Waals surface area contributed by atoms with E-state index < -0.39 is 0 Å². The maximum Gasteiger partial charge on any atom is 0.172 e. The molecule has 1 unspecified atom stereocenters. The van der Waals surface area contributed by atoms with Gasteiger partial charge >= 0.3 is 0 Å². The number of quaternary nitrogens is 1. The van der Waals surface area contributed by atoms with Crippen LogP contribution in [0.4, 0.5) is 0 Å². The van der Waals surface area contributed by atoms with E-state index in [9.17, 15) is 0 Å². The van der Waals surface area contributed by atoms with Gasteiger partial charge < -0.3 is 15.5 Å². The van der Waals surface area contributed by atoms with Gasteiger partial charge in [-0.3, -0.25) is 0 Å². The van der Waals surface area contributed by atoms with Gasteiger partial charge in [0.2, 0.25) is 0 Å². The summed E-state index contributed by atoms with van der Waals surface area (Å²) in [6, 6.07) is 11.1. The predicted molar refractivity (Wildman–Crippen MR) is 88.9 cm³/mol. The second-order valence-electron chi connectivity index (χ2n) is 5.90. The van der Waals surface area contributed by atoms with Gasteiger partial charge in [0, 0.05) is 17.9 Å². The van der Waals surface area contributed by atoms with E-state index in [2.05, 4.69) is 54.9 Å². The molecule has 3 N–H and O–H groups in total. The van der Waals surface area contributed by atoms with Gasteiger partial charge in [-0.15, -0.1) is 0 Å². The summed E-state index contributed by atoms with van der Waals surface area (Å²) in [5.41, 5.74) is 1.20. The van der Waals surface area contributed by atoms with Crippen molar-refractivity contribution in [2.75, 3.05) is 13.6 Å². The van der Waals surface area contributed by atoms with Crippen LogP contribution in [0.25, 0.3) is 0 Å². The van der Waals surface area contributed by atoms with Crippen LogP contribution in [-0.4, -0.2) is 29.2 Å². The van der Waals surface area contributed by atoms with E-state index in [4.69, 9.17) is 24.4 Å². The first-order valence-corrected chi connectivity index (χ1v) is 7.87. The van der Waals surface area contributed by atoms with E-state index in [0.717, 1.165) is 18.0 Å². The van der Waals surface area contributed by atoms with Crippen molar-refractivity contribution in [1.82, 2.24) is 10.6 Å². The zero-order valence-corrected chi connectivity index (χ0v) is 13.4. The van der Waals surface area contributed by atoms with E-state index in [0.29, 0.717) is 17.1 Å². The number of hydrogen-bond acceptors (Lipinski definition) is 2. The monoisotopic (exact) mass is 306 g/mol. The highest BCUT2D eigenvalue weighted by atomic mass is 32.1. The molecule has 2 aliphatic heterocycles. The molecule has 1 aromatic rings. The van der Waals surface area contributed by atoms with Crippen LogP contribution in [0.5, 0.6) is 0 Å². The summed E-state index contributed by atoms with van der Waals surface area (Å²) in [7, 11) is 2.27. The lowest BCUT2D eigenvalue weighted by Crippen LogP contribution is -3.12. The quantitative estimate of drug-likeness (QED) is 0.670. The molecule has 4 atom stereocenters. The Balaban J connectivity index is 1.99. The molecule has 2 fully saturated rings. The lowest BCUT2D eigenvalue weighted by molar-refractivity contribution is -0.923. The number of nitrogens with one attached hydrogen (secondary N) is 3. The maximum absolute atomic E-state index is 5.58. The first kappa shape index (κ1) is 13.9. The van der Waals surface area contributed by atoms with E-state index >= 15 is 0 Å². The molecule has 20 heavy (non-hydrogen) atoms. The molecule has 2 aliphatic rings. The molecule has 2 saturated heterocycles. The van der Waals surface area contributed by atoms with Gasteiger partial charge in [0.05, 0.1) is 13.6 Å². The Hall–Kier alpha value is -1.04. The van der Waals surface area contributed by atoms with Gasteiger partial charge in [0.1, 0.15) is 16.6 Å². The Labute approximate surface area is 130 Å². The number of rotatable bonds is 1. The highest BCUT2D eigenvalue weighted by Gasteiger charge is 2.54. The first-order valence-electron chi connectivity index (χ1n) is 7.05. The highest BCUT2D eigenvalue weighted by molar-refractivity contribution is 7.82. The molecule has 1 aromatic carbocycles. The molecular formula is C15H20N3S2+. The Morgan fingerprint density at radius 3 is 2.55 bits per heavy atom. The van der Waals surface area contributed by atoms with Crippen molar-refractivity contribution >= 4 is 34.5 Å². The fourth-order valence-electron chi connectivity index (χ4n) is 3.72. The SMILES string of the molecule is C[C@H]1[C@H](c2ccccc2)[NH+](C)CC[C@]12NC(=S)NC2=S. The fourth-order valence-corrected chi connectivity index (χ4v) is 4.51. The normalized spacial score (nSPS) is 36.8. The first-order chi connectivity index (χ1) is 9.54. The molecule has 5 heteroatoms. The minimum Gasteiger partial charge on any atom is -0.350 e. The van der Waals surface area contributed by atoms with Crippen LogP contribution in [0.3, 0.4) is 0 Å². The van der Waals surface area contributed by atoms with Gasteiger partial charge in [-0.2, -0.15) is 0 Å². The molecular weight excluding hydrogens is 286 g/mol. The van der Waals surface area contributed by atoms with Crippen LogP contribution in [-0.2, 0) is 0 Å². The molecule has 0 aromatic heterocycles. The van der Waals surface area contributed by atoms with Crippen molar-refractivity contribution in [2.24, 2.45) is 5.92 Å². The van der Waals surface area contributed by atoms with Crippen LogP contribution in [0.1, 0.15) is 24.9 Å². The number of piperidine rings is 1. The average Bonchev–Trinajstić information content (AvgIpc) is 2.72. The van der Waals surface area contributed by atoms with E-state index in [1.54, 1.807) is 0 Å². The molecule has 3 rings (SSSR count). The highest BCUT2D eigenvalue weighted by Crippen LogP contribution is 2.36. The standard InChI is InChI=1S/C15H19N3S2/c1-10-12(11-6-4-3-5-7-11)18(2)9-8-15(10)13(19)16-14(20)17-15/h3-7,10,12H,8-9H2,1-2H3,(H2,16,17,19,20)/p+1/t10-,12+,15-/m0/s1. The van der Waals surface area contributed by atoms with Crippen molar-refractivity contribution in [1.29, 1.82) is 0 Å². The predicted octanol–water partition coefficient (Wildman–Crippen LogP) is 0.826. The van der Waals surface area contributed by atoms with Crippen molar-refractivity contribution in [3.8, 4) is 0 Å². The second-order valence-corrected chi connectivity index (χ2v) is 6.72. The number of thiocarbonyl (C=S) groups is 2. The molecule has 1 spiro atoms. The summed E-state index contributed by atoms with van der Waals surface area (Å²) in [5, 5.41) is 7.27. The minimum atomic E-state index is -0.174. The molecule has 0 aliphatic carbocycles. The molecule has 3 nitrogen and oxygen atoms in total. The number of benzene rings is 1. The van der Waals surface area contributed by atoms with Crippen molar-refractivity contribution < 1.29 is 4.90 Å². The Kier molecular flexibility index (Phi) is 3.52. The average molecular weight is 306 g/mol. The third kappa shape index (κ3) is 2.05.